The first-order valence-corrected chi connectivity index (χ1v) is 6.77. The van der Waals surface area contributed by atoms with Crippen LogP contribution in [-0.4, -0.2) is 25.6 Å². The molecule has 0 bridgehead atoms. The molecule has 0 aliphatic rings. The first kappa shape index (κ1) is 19.1. The molecule has 0 aliphatic carbocycles. The van der Waals surface area contributed by atoms with Gasteiger partial charge in [0.15, 0.2) is 5.69 Å². The summed E-state index contributed by atoms with van der Waals surface area (Å²) in [5.41, 5.74) is 0.910. The summed E-state index contributed by atoms with van der Waals surface area (Å²) in [6.07, 6.45) is -3.83. The van der Waals surface area contributed by atoms with Crippen molar-refractivity contribution < 1.29 is 18.1 Å². The lowest BCUT2D eigenvalue weighted by Crippen LogP contribution is -2.11. The molecule has 0 saturated carbocycles. The molecule has 0 aliphatic heterocycles. The lowest BCUT2D eigenvalue weighted by molar-refractivity contribution is -0.384. The minimum Gasteiger partial charge on any atom is -0.389 e. The molecule has 0 radical (unpaired) electrons. The monoisotopic (exact) mass is 376 g/mol. The van der Waals surface area contributed by atoms with E-state index in [4.69, 9.17) is 21.7 Å². The highest BCUT2D eigenvalue weighted by Gasteiger charge is 2.33. The van der Waals surface area contributed by atoms with Gasteiger partial charge in [0, 0.05) is 6.07 Å². The zero-order valence-corrected chi connectivity index (χ0v) is 13.0. The second kappa shape index (κ2) is 6.93. The Morgan fingerprint density at radius 1 is 1.33 bits per heavy atom. The van der Waals surface area contributed by atoms with Crippen LogP contribution < -0.4 is 5.73 Å². The van der Waals surface area contributed by atoms with Crippen molar-refractivity contribution in [2.24, 2.45) is 5.73 Å². The molecule has 136 valence electrons. The number of hydrogen-bond acceptors (Lipinski definition) is 8. The molecule has 1 aromatic carbocycles. The van der Waals surface area contributed by atoms with Gasteiger partial charge in [0.2, 0.25) is 0 Å². The number of alkyl halides is 3. The maximum atomic E-state index is 12.7. The van der Waals surface area contributed by atoms with Crippen LogP contribution in [0, 0.1) is 38.2 Å². The van der Waals surface area contributed by atoms with Crippen molar-refractivity contribution in [2.45, 2.75) is 6.18 Å². The number of nitrogens with one attached hydrogen (secondary N) is 1. The van der Waals surface area contributed by atoms with Crippen molar-refractivity contribution in [3.05, 3.63) is 57.0 Å². The summed E-state index contributed by atoms with van der Waals surface area (Å²) >= 11 is 0. The van der Waals surface area contributed by atoms with Crippen molar-refractivity contribution in [3.8, 4) is 17.8 Å². The van der Waals surface area contributed by atoms with E-state index in [9.17, 15) is 23.3 Å². The minimum atomic E-state index is -4.78. The Labute approximate surface area is 148 Å². The molecule has 1 heterocycles. The molecule has 0 spiro atoms. The number of hydrogen-bond donors (Lipinski definition) is 2. The summed E-state index contributed by atoms with van der Waals surface area (Å²) < 4.78 is 38.2. The van der Waals surface area contributed by atoms with Gasteiger partial charge in [0.05, 0.1) is 16.7 Å². The van der Waals surface area contributed by atoms with Crippen molar-refractivity contribution in [1.29, 1.82) is 15.9 Å². The maximum absolute atomic E-state index is 12.7. The zero-order valence-electron chi connectivity index (χ0n) is 13.0. The summed E-state index contributed by atoms with van der Waals surface area (Å²) in [6, 6.07) is 4.80. The van der Waals surface area contributed by atoms with Crippen molar-refractivity contribution in [3.63, 3.8) is 0 Å². The SMILES string of the molecule is N#C/C(N)=C(/C#N)C(=N)c1cnn(-c2ccc(C(F)(F)F)cc2[N+](=O)[O-])n1. The average molecular weight is 376 g/mol. The van der Waals surface area contributed by atoms with E-state index in [0.717, 1.165) is 12.3 Å². The Bertz CT molecular complexity index is 1060. The van der Waals surface area contributed by atoms with Gasteiger partial charge in [-0.05, 0) is 12.1 Å². The van der Waals surface area contributed by atoms with Crippen LogP contribution in [0.1, 0.15) is 11.3 Å². The van der Waals surface area contributed by atoms with E-state index in [1.807, 2.05) is 0 Å². The van der Waals surface area contributed by atoms with E-state index in [0.29, 0.717) is 16.9 Å². The first-order valence-electron chi connectivity index (χ1n) is 6.77. The van der Waals surface area contributed by atoms with Crippen molar-refractivity contribution >= 4 is 11.4 Å². The molecular weight excluding hydrogens is 369 g/mol. The van der Waals surface area contributed by atoms with E-state index < -0.39 is 39.3 Å². The Hall–Kier alpha value is -4.26. The number of halogens is 3. The number of nitriles is 2. The van der Waals surface area contributed by atoms with E-state index in [-0.39, 0.29) is 11.4 Å². The summed E-state index contributed by atoms with van der Waals surface area (Å²) in [7, 11) is 0. The van der Waals surface area contributed by atoms with Gasteiger partial charge >= 0.3 is 6.18 Å². The van der Waals surface area contributed by atoms with E-state index in [1.54, 1.807) is 6.07 Å². The molecular formula is C14H7F3N8O2. The van der Waals surface area contributed by atoms with Crippen LogP contribution in [0.5, 0.6) is 0 Å². The third-order valence-electron chi connectivity index (χ3n) is 3.21. The van der Waals surface area contributed by atoms with E-state index in [1.165, 1.54) is 6.07 Å². The Morgan fingerprint density at radius 2 is 2.00 bits per heavy atom. The standard InChI is InChI=1S/C14H7F3N8O2/c15-14(16,17)7-1-2-11(12(3-7)25(26)27)24-22-6-10(23-24)13(21)8(4-18)9(20)5-19/h1-3,6,21H,20H2/b9-8+,21-13?. The Balaban J connectivity index is 2.54. The smallest absolute Gasteiger partial charge is 0.389 e. The number of benzene rings is 1. The largest absolute Gasteiger partial charge is 0.416 e. The molecule has 27 heavy (non-hydrogen) atoms. The lowest BCUT2D eigenvalue weighted by atomic mass is 10.1. The molecule has 2 aromatic rings. The lowest BCUT2D eigenvalue weighted by Gasteiger charge is -2.08. The van der Waals surface area contributed by atoms with Gasteiger partial charge in [-0.15, -0.1) is 9.90 Å². The molecule has 13 heteroatoms. The summed E-state index contributed by atoms with van der Waals surface area (Å²) in [5.74, 6) is 0. The fourth-order valence-corrected chi connectivity index (χ4v) is 1.94. The van der Waals surface area contributed by atoms with Crippen LogP contribution in [0.2, 0.25) is 0 Å². The van der Waals surface area contributed by atoms with E-state index >= 15 is 0 Å². The quantitative estimate of drug-likeness (QED) is 0.354. The third kappa shape index (κ3) is 3.72. The van der Waals surface area contributed by atoms with Gasteiger partial charge in [-0.25, -0.2) is 0 Å². The number of aromatic nitrogens is 3. The average Bonchev–Trinajstić information content (AvgIpc) is 3.10. The Morgan fingerprint density at radius 3 is 2.52 bits per heavy atom. The summed E-state index contributed by atoms with van der Waals surface area (Å²) in [4.78, 5) is 10.7. The molecule has 0 saturated heterocycles. The van der Waals surface area contributed by atoms with E-state index in [2.05, 4.69) is 10.2 Å². The molecule has 0 amide bonds. The van der Waals surface area contributed by atoms with Gasteiger partial charge in [-0.2, -0.15) is 28.8 Å². The molecule has 1 aromatic heterocycles. The van der Waals surface area contributed by atoms with Crippen molar-refractivity contribution in [1.82, 2.24) is 15.0 Å². The second-order valence-electron chi connectivity index (χ2n) is 4.86. The zero-order chi connectivity index (χ0) is 20.4. The molecule has 0 atom stereocenters. The molecule has 10 nitrogen and oxygen atoms in total. The van der Waals surface area contributed by atoms with Gasteiger partial charge < -0.3 is 5.73 Å². The number of nitrogens with two attached hydrogens (primary N) is 1. The van der Waals surface area contributed by atoms with Crippen LogP contribution in [0.3, 0.4) is 0 Å². The van der Waals surface area contributed by atoms with Crippen LogP contribution in [-0.2, 0) is 6.18 Å². The fourth-order valence-electron chi connectivity index (χ4n) is 1.94. The minimum absolute atomic E-state index is 0.265. The van der Waals surface area contributed by atoms with Crippen LogP contribution in [0.4, 0.5) is 18.9 Å². The summed E-state index contributed by atoms with van der Waals surface area (Å²) in [6.45, 7) is 0. The predicted octanol–water partition coefficient (Wildman–Crippen LogP) is 1.82. The fraction of sp³-hybridized carbons (Fsp3) is 0.0714. The Kier molecular flexibility index (Phi) is 4.89. The highest BCUT2D eigenvalue weighted by Crippen LogP contribution is 2.33. The second-order valence-corrected chi connectivity index (χ2v) is 4.86. The van der Waals surface area contributed by atoms with Crippen LogP contribution in [0.25, 0.3) is 5.69 Å². The normalized spacial score (nSPS) is 11.9. The highest BCUT2D eigenvalue weighted by atomic mass is 19.4. The number of nitrogens with zero attached hydrogens (tertiary/aromatic N) is 6. The van der Waals surface area contributed by atoms with Gasteiger partial charge in [-0.1, -0.05) is 0 Å². The number of nitro benzene ring substituents is 1. The number of allylic oxidation sites excluding steroid dienone is 2. The number of nitro groups is 1. The maximum Gasteiger partial charge on any atom is 0.416 e. The third-order valence-corrected chi connectivity index (χ3v) is 3.21. The molecule has 0 fully saturated rings. The highest BCUT2D eigenvalue weighted by molar-refractivity contribution is 6.12. The van der Waals surface area contributed by atoms with Gasteiger partial charge in [-0.3, -0.25) is 15.5 Å². The topological polar surface area (TPSA) is 171 Å². The molecule has 3 N–H and O–H groups in total. The summed E-state index contributed by atoms with van der Waals surface area (Å²) in [5, 5.41) is 44.1. The number of rotatable bonds is 4. The molecule has 0 unspecified atom stereocenters. The molecule has 2 rings (SSSR count). The van der Waals surface area contributed by atoms with Gasteiger partial charge in [0.1, 0.15) is 34.8 Å². The van der Waals surface area contributed by atoms with Gasteiger partial charge in [0.25, 0.3) is 5.69 Å². The predicted molar refractivity (Wildman–Crippen MR) is 82.3 cm³/mol. The van der Waals surface area contributed by atoms with Crippen LogP contribution in [0.15, 0.2) is 35.7 Å². The first-order chi connectivity index (χ1) is 12.6. The van der Waals surface area contributed by atoms with Crippen molar-refractivity contribution in [2.75, 3.05) is 0 Å². The van der Waals surface area contributed by atoms with Crippen LogP contribution >= 0.6 is 0 Å².